The normalized spacial score (nSPS) is 12.9. The number of hydrogen-bond acceptors (Lipinski definition) is 5. The number of hydrogen-bond donors (Lipinski definition) is 1. The van der Waals surface area contributed by atoms with E-state index >= 15 is 0 Å². The number of methoxy groups -OCH3 is 1. The van der Waals surface area contributed by atoms with Crippen LogP contribution in [0.3, 0.4) is 0 Å². The zero-order valence-corrected chi connectivity index (χ0v) is 11.1. The van der Waals surface area contributed by atoms with Crippen molar-refractivity contribution in [3.05, 3.63) is 10.0 Å². The van der Waals surface area contributed by atoms with Crippen LogP contribution in [0.25, 0.3) is 0 Å². The van der Waals surface area contributed by atoms with Crippen molar-refractivity contribution in [2.24, 2.45) is 5.92 Å². The molecule has 1 heterocycles. The van der Waals surface area contributed by atoms with Gasteiger partial charge in [0, 0.05) is 26.7 Å². The first-order chi connectivity index (χ1) is 7.76. The van der Waals surface area contributed by atoms with Crippen molar-refractivity contribution in [3.63, 3.8) is 0 Å². The second-order valence-electron chi connectivity index (χ2n) is 4.03. The fraction of sp³-hybridized carbons (Fsp3) is 0.818. The summed E-state index contributed by atoms with van der Waals surface area (Å²) < 4.78 is 5.11. The van der Waals surface area contributed by atoms with Gasteiger partial charge >= 0.3 is 0 Å². The van der Waals surface area contributed by atoms with Crippen LogP contribution in [-0.4, -0.2) is 30.5 Å². The SMILES string of the molecule is CCCNCc1nnc(CC(C)COC)s1. The smallest absolute Gasteiger partial charge is 0.131 e. The van der Waals surface area contributed by atoms with Crippen LogP contribution in [0.15, 0.2) is 0 Å². The first-order valence-electron chi connectivity index (χ1n) is 5.77. The number of ether oxygens (including phenoxy) is 1. The molecule has 0 saturated carbocycles. The molecule has 1 N–H and O–H groups in total. The zero-order valence-electron chi connectivity index (χ0n) is 10.3. The summed E-state index contributed by atoms with van der Waals surface area (Å²) in [5, 5.41) is 13.9. The van der Waals surface area contributed by atoms with Gasteiger partial charge in [0.05, 0.1) is 0 Å². The lowest BCUT2D eigenvalue weighted by molar-refractivity contribution is 0.159. The number of nitrogens with zero attached hydrogens (tertiary/aromatic N) is 2. The van der Waals surface area contributed by atoms with E-state index in [0.29, 0.717) is 5.92 Å². The van der Waals surface area contributed by atoms with E-state index in [1.807, 2.05) is 0 Å². The molecule has 0 saturated heterocycles. The van der Waals surface area contributed by atoms with Gasteiger partial charge < -0.3 is 10.1 Å². The predicted octanol–water partition coefficient (Wildman–Crippen LogP) is 1.86. The fourth-order valence-electron chi connectivity index (χ4n) is 1.46. The van der Waals surface area contributed by atoms with Crippen molar-refractivity contribution in [1.29, 1.82) is 0 Å². The van der Waals surface area contributed by atoms with E-state index < -0.39 is 0 Å². The molecule has 92 valence electrons. The molecule has 1 unspecified atom stereocenters. The molecule has 16 heavy (non-hydrogen) atoms. The Morgan fingerprint density at radius 3 is 2.81 bits per heavy atom. The molecule has 0 aliphatic heterocycles. The lowest BCUT2D eigenvalue weighted by Gasteiger charge is -2.06. The van der Waals surface area contributed by atoms with Crippen LogP contribution in [-0.2, 0) is 17.7 Å². The molecule has 1 rings (SSSR count). The molecule has 0 spiro atoms. The van der Waals surface area contributed by atoms with Gasteiger partial charge in [0.2, 0.25) is 0 Å². The molecule has 0 bridgehead atoms. The van der Waals surface area contributed by atoms with Crippen molar-refractivity contribution < 1.29 is 4.74 Å². The Kier molecular flexibility index (Phi) is 6.52. The predicted molar refractivity (Wildman–Crippen MR) is 66.7 cm³/mol. The quantitative estimate of drug-likeness (QED) is 0.708. The molecular weight excluding hydrogens is 222 g/mol. The largest absolute Gasteiger partial charge is 0.384 e. The maximum atomic E-state index is 5.11. The van der Waals surface area contributed by atoms with Gasteiger partial charge in [-0.1, -0.05) is 13.8 Å². The monoisotopic (exact) mass is 243 g/mol. The van der Waals surface area contributed by atoms with Gasteiger partial charge in [0.25, 0.3) is 0 Å². The highest BCUT2D eigenvalue weighted by Crippen LogP contribution is 2.14. The Morgan fingerprint density at radius 1 is 1.38 bits per heavy atom. The molecule has 5 heteroatoms. The van der Waals surface area contributed by atoms with Crippen LogP contribution in [0.1, 0.15) is 30.3 Å². The fourth-order valence-corrected chi connectivity index (χ4v) is 2.43. The number of aromatic nitrogens is 2. The van der Waals surface area contributed by atoms with Crippen LogP contribution in [0.5, 0.6) is 0 Å². The summed E-state index contributed by atoms with van der Waals surface area (Å²) >= 11 is 1.70. The highest BCUT2D eigenvalue weighted by atomic mass is 32.1. The van der Waals surface area contributed by atoms with Gasteiger partial charge in [-0.3, -0.25) is 0 Å². The summed E-state index contributed by atoms with van der Waals surface area (Å²) in [5.41, 5.74) is 0. The molecule has 0 aliphatic carbocycles. The Hall–Kier alpha value is -0.520. The van der Waals surface area contributed by atoms with E-state index in [-0.39, 0.29) is 0 Å². The van der Waals surface area contributed by atoms with E-state index in [1.165, 1.54) is 0 Å². The number of rotatable bonds is 8. The average Bonchev–Trinajstić information content (AvgIpc) is 2.66. The van der Waals surface area contributed by atoms with Crippen molar-refractivity contribution in [1.82, 2.24) is 15.5 Å². The topological polar surface area (TPSA) is 47.0 Å². The zero-order chi connectivity index (χ0) is 11.8. The molecule has 1 aromatic heterocycles. The second-order valence-corrected chi connectivity index (χ2v) is 5.18. The first-order valence-corrected chi connectivity index (χ1v) is 6.58. The van der Waals surface area contributed by atoms with E-state index in [9.17, 15) is 0 Å². The van der Waals surface area contributed by atoms with Crippen LogP contribution in [0, 0.1) is 5.92 Å². The Morgan fingerprint density at radius 2 is 2.12 bits per heavy atom. The average molecular weight is 243 g/mol. The molecule has 0 radical (unpaired) electrons. The number of nitrogens with one attached hydrogen (secondary N) is 1. The molecule has 0 aromatic carbocycles. The highest BCUT2D eigenvalue weighted by molar-refractivity contribution is 7.11. The van der Waals surface area contributed by atoms with E-state index in [2.05, 4.69) is 29.4 Å². The third kappa shape index (κ3) is 5.01. The maximum Gasteiger partial charge on any atom is 0.131 e. The van der Waals surface area contributed by atoms with Crippen molar-refractivity contribution in [2.45, 2.75) is 33.2 Å². The van der Waals surface area contributed by atoms with Gasteiger partial charge in [-0.25, -0.2) is 0 Å². The standard InChI is InChI=1S/C11H21N3OS/c1-4-5-12-7-11-14-13-10(16-11)6-9(2)8-15-3/h9,12H,4-8H2,1-3H3. The van der Waals surface area contributed by atoms with Gasteiger partial charge in [-0.15, -0.1) is 21.5 Å². The second kappa shape index (κ2) is 7.70. The van der Waals surface area contributed by atoms with Gasteiger partial charge in [0.15, 0.2) is 0 Å². The van der Waals surface area contributed by atoms with Crippen LogP contribution in [0.4, 0.5) is 0 Å². The molecule has 4 nitrogen and oxygen atoms in total. The molecule has 0 aliphatic rings. The minimum Gasteiger partial charge on any atom is -0.384 e. The maximum absolute atomic E-state index is 5.11. The minimum atomic E-state index is 0.509. The molecule has 0 fully saturated rings. The highest BCUT2D eigenvalue weighted by Gasteiger charge is 2.08. The lowest BCUT2D eigenvalue weighted by Crippen LogP contribution is -2.13. The van der Waals surface area contributed by atoms with E-state index in [1.54, 1.807) is 18.4 Å². The summed E-state index contributed by atoms with van der Waals surface area (Å²) in [4.78, 5) is 0. The third-order valence-electron chi connectivity index (χ3n) is 2.19. The van der Waals surface area contributed by atoms with Gasteiger partial charge in [-0.2, -0.15) is 0 Å². The van der Waals surface area contributed by atoms with E-state index in [4.69, 9.17) is 4.74 Å². The molecule has 1 atom stereocenters. The van der Waals surface area contributed by atoms with Crippen molar-refractivity contribution in [3.8, 4) is 0 Å². The molecule has 1 aromatic rings. The Balaban J connectivity index is 2.33. The van der Waals surface area contributed by atoms with E-state index in [0.717, 1.165) is 42.6 Å². The van der Waals surface area contributed by atoms with Crippen LogP contribution >= 0.6 is 11.3 Å². The Labute approximate surface area is 101 Å². The van der Waals surface area contributed by atoms with Crippen molar-refractivity contribution in [2.75, 3.05) is 20.3 Å². The van der Waals surface area contributed by atoms with Crippen LogP contribution in [0.2, 0.25) is 0 Å². The summed E-state index contributed by atoms with van der Waals surface area (Å²) in [5.74, 6) is 0.509. The first kappa shape index (κ1) is 13.5. The molecule has 0 amide bonds. The Bertz CT molecular complexity index is 291. The molecular formula is C11H21N3OS. The summed E-state index contributed by atoms with van der Waals surface area (Å²) in [6.07, 6.45) is 2.11. The minimum absolute atomic E-state index is 0.509. The van der Waals surface area contributed by atoms with Gasteiger partial charge in [0.1, 0.15) is 10.0 Å². The third-order valence-corrected chi connectivity index (χ3v) is 3.13. The van der Waals surface area contributed by atoms with Crippen molar-refractivity contribution >= 4 is 11.3 Å². The lowest BCUT2D eigenvalue weighted by atomic mass is 10.1. The summed E-state index contributed by atoms with van der Waals surface area (Å²) in [7, 11) is 1.73. The summed E-state index contributed by atoms with van der Waals surface area (Å²) in [6.45, 7) is 6.98. The van der Waals surface area contributed by atoms with Crippen LogP contribution < -0.4 is 5.32 Å². The summed E-state index contributed by atoms with van der Waals surface area (Å²) in [6, 6.07) is 0. The van der Waals surface area contributed by atoms with Gasteiger partial charge in [-0.05, 0) is 18.9 Å².